The molecule has 0 spiro atoms. The Labute approximate surface area is 144 Å². The molecule has 6 nitrogen and oxygen atoms in total. The minimum Gasteiger partial charge on any atom is -0.382 e. The molecule has 8 heteroatoms. The number of allylic oxidation sites excluding steroid dienone is 1. The Morgan fingerprint density at radius 2 is 1.73 bits per heavy atom. The molecule has 0 aliphatic carbocycles. The van der Waals surface area contributed by atoms with E-state index in [1.165, 1.54) is 0 Å². The first kappa shape index (κ1) is 25.7. The molecule has 22 heavy (non-hydrogen) atoms. The van der Waals surface area contributed by atoms with Crippen LogP contribution in [0.3, 0.4) is 0 Å². The number of nitrogens with two attached hydrogens (primary N) is 2. The van der Waals surface area contributed by atoms with E-state index in [0.717, 1.165) is 0 Å². The van der Waals surface area contributed by atoms with Crippen LogP contribution in [-0.4, -0.2) is 15.3 Å². The topological polar surface area (TPSA) is 106 Å². The highest BCUT2D eigenvalue weighted by Gasteiger charge is 2.12. The third kappa shape index (κ3) is 16.8. The molecule has 5 N–H and O–H groups in total. The zero-order chi connectivity index (χ0) is 17.3. The summed E-state index contributed by atoms with van der Waals surface area (Å²) < 4.78 is 1.85. The van der Waals surface area contributed by atoms with E-state index in [4.69, 9.17) is 28.4 Å². The molecule has 0 amide bonds. The summed E-state index contributed by atoms with van der Waals surface area (Å²) in [4.78, 5) is 0. The number of rotatable bonds is 0. The summed E-state index contributed by atoms with van der Waals surface area (Å²) in [6, 6.07) is 3.40. The number of halogens is 2. The molecule has 0 aromatic carbocycles. The van der Waals surface area contributed by atoms with Crippen molar-refractivity contribution < 1.29 is 0 Å². The maximum atomic E-state index is 7.66. The Bertz CT molecular complexity index is 463. The van der Waals surface area contributed by atoms with Gasteiger partial charge in [0, 0.05) is 11.7 Å². The number of nitrogen functional groups attached to an aromatic ring is 1. The first-order valence-electron chi connectivity index (χ1n) is 6.37. The van der Waals surface area contributed by atoms with E-state index in [9.17, 15) is 0 Å². The summed E-state index contributed by atoms with van der Waals surface area (Å²) in [5.41, 5.74) is 8.16. The number of aromatic nitrogens is 2. The highest BCUT2D eigenvalue weighted by molar-refractivity contribution is 6.31. The Morgan fingerprint density at radius 3 is 1.82 bits per heavy atom. The molecule has 1 aromatic heterocycles. The normalized spacial score (nSPS) is 9.95. The number of nitrogens with zero attached hydrogens (tertiary/aromatic N) is 3. The van der Waals surface area contributed by atoms with Crippen molar-refractivity contribution in [1.82, 2.24) is 15.2 Å². The van der Waals surface area contributed by atoms with Crippen molar-refractivity contribution in [2.24, 2.45) is 5.84 Å². The minimum absolute atomic E-state index is 0. The number of anilines is 1. The summed E-state index contributed by atoms with van der Waals surface area (Å²) in [7, 11) is 0. The monoisotopic (exact) mass is 350 g/mol. The average Bonchev–Trinajstić information content (AvgIpc) is 2.76. The lowest BCUT2D eigenvalue weighted by Crippen LogP contribution is -2.41. The fraction of sp³-hybridized carbons (Fsp3) is 0.571. The second-order valence-corrected chi connectivity index (χ2v) is 6.72. The highest BCUT2D eigenvalue weighted by atomic mass is 35.5. The number of nitrogens with one attached hydrogen (secondary N) is 1. The first-order valence-corrected chi connectivity index (χ1v) is 6.75. The van der Waals surface area contributed by atoms with Gasteiger partial charge in [0.25, 0.3) is 0 Å². The fourth-order valence-electron chi connectivity index (χ4n) is 0.712. The Morgan fingerprint density at radius 1 is 1.36 bits per heavy atom. The van der Waals surface area contributed by atoms with E-state index in [2.05, 4.69) is 37.9 Å². The van der Waals surface area contributed by atoms with Crippen molar-refractivity contribution >= 4 is 29.8 Å². The SMILES string of the molecule is C=C(Cl)C#N.CC(C)(C)NN.CC(C)(C)n1ccc(N)n1.Cl. The van der Waals surface area contributed by atoms with Gasteiger partial charge in [-0.2, -0.15) is 10.4 Å². The highest BCUT2D eigenvalue weighted by Crippen LogP contribution is 2.12. The van der Waals surface area contributed by atoms with Gasteiger partial charge in [0.15, 0.2) is 0 Å². The number of hydrazine groups is 1. The molecule has 0 aliphatic heterocycles. The molecule has 1 heterocycles. The maximum absolute atomic E-state index is 7.66. The van der Waals surface area contributed by atoms with Crippen molar-refractivity contribution in [2.75, 3.05) is 5.73 Å². The molecule has 0 aliphatic rings. The van der Waals surface area contributed by atoms with E-state index >= 15 is 0 Å². The van der Waals surface area contributed by atoms with Gasteiger partial charge in [-0.1, -0.05) is 18.2 Å². The standard InChI is InChI=1S/C7H13N3.C4H12N2.C3H2ClN.ClH/c1-7(2,3)10-5-4-6(8)9-10;1-4(2,3)6-5;1-3(4)2-5;/h4-5H,1-3H3,(H2,8,9);6H,5H2,1-3H3;1H2;1H. The van der Waals surface area contributed by atoms with Crippen LogP contribution in [0, 0.1) is 11.3 Å². The van der Waals surface area contributed by atoms with Gasteiger partial charge < -0.3 is 5.73 Å². The molecular weight excluding hydrogens is 323 g/mol. The van der Waals surface area contributed by atoms with Crippen molar-refractivity contribution in [1.29, 1.82) is 5.26 Å². The summed E-state index contributed by atoms with van der Waals surface area (Å²) in [6.07, 6.45) is 1.88. The summed E-state index contributed by atoms with van der Waals surface area (Å²) in [5, 5.41) is 11.8. The van der Waals surface area contributed by atoms with Crippen LogP contribution >= 0.6 is 24.0 Å². The second kappa shape index (κ2) is 11.3. The van der Waals surface area contributed by atoms with Crippen LogP contribution in [-0.2, 0) is 5.54 Å². The quantitative estimate of drug-likeness (QED) is 0.378. The van der Waals surface area contributed by atoms with Crippen LogP contribution in [0.4, 0.5) is 5.82 Å². The van der Waals surface area contributed by atoms with Crippen LogP contribution in [0.15, 0.2) is 23.9 Å². The number of hydrogen-bond acceptors (Lipinski definition) is 5. The lowest BCUT2D eigenvalue weighted by Gasteiger charge is -2.18. The summed E-state index contributed by atoms with van der Waals surface area (Å²) >= 11 is 4.91. The van der Waals surface area contributed by atoms with Gasteiger partial charge in [0.1, 0.15) is 16.9 Å². The Hall–Kier alpha value is -1.26. The van der Waals surface area contributed by atoms with Gasteiger partial charge in [0.2, 0.25) is 0 Å². The van der Waals surface area contributed by atoms with Gasteiger partial charge in [-0.15, -0.1) is 12.4 Å². The summed E-state index contributed by atoms with van der Waals surface area (Å²) in [6.45, 7) is 15.3. The largest absolute Gasteiger partial charge is 0.382 e. The van der Waals surface area contributed by atoms with Crippen LogP contribution in [0.5, 0.6) is 0 Å². The smallest absolute Gasteiger partial charge is 0.145 e. The third-order valence-corrected chi connectivity index (χ3v) is 1.94. The predicted octanol–water partition coefficient (Wildman–Crippen LogP) is 3.15. The van der Waals surface area contributed by atoms with Gasteiger partial charge in [-0.3, -0.25) is 16.0 Å². The molecule has 1 rings (SSSR count). The maximum Gasteiger partial charge on any atom is 0.145 e. The zero-order valence-electron chi connectivity index (χ0n) is 14.1. The molecule has 0 unspecified atom stereocenters. The van der Waals surface area contributed by atoms with Gasteiger partial charge in [-0.05, 0) is 47.6 Å². The van der Waals surface area contributed by atoms with E-state index in [1.54, 1.807) is 12.1 Å². The zero-order valence-corrected chi connectivity index (χ0v) is 15.7. The van der Waals surface area contributed by atoms with Gasteiger partial charge >= 0.3 is 0 Å². The lowest BCUT2D eigenvalue weighted by molar-refractivity contribution is 0.356. The van der Waals surface area contributed by atoms with E-state index in [0.29, 0.717) is 5.82 Å². The Kier molecular flexibility index (Phi) is 13.2. The summed E-state index contributed by atoms with van der Waals surface area (Å²) in [5.74, 6) is 5.63. The molecule has 0 fully saturated rings. The number of nitriles is 1. The predicted molar refractivity (Wildman–Crippen MR) is 96.6 cm³/mol. The third-order valence-electron chi connectivity index (χ3n) is 1.85. The van der Waals surface area contributed by atoms with Crippen molar-refractivity contribution in [2.45, 2.75) is 52.6 Å². The molecule has 128 valence electrons. The second-order valence-electron chi connectivity index (χ2n) is 6.27. The fourth-order valence-corrected chi connectivity index (χ4v) is 0.712. The van der Waals surface area contributed by atoms with Crippen molar-refractivity contribution in [3.63, 3.8) is 0 Å². The Balaban J connectivity index is -0.000000262. The molecule has 1 aromatic rings. The molecule has 0 radical (unpaired) electrons. The lowest BCUT2D eigenvalue weighted by atomic mass is 10.1. The minimum atomic E-state index is 0. The number of hydrogen-bond donors (Lipinski definition) is 3. The van der Waals surface area contributed by atoms with Gasteiger partial charge in [-0.25, -0.2) is 0 Å². The van der Waals surface area contributed by atoms with Gasteiger partial charge in [0.05, 0.1) is 5.54 Å². The first-order chi connectivity index (χ1) is 9.33. The van der Waals surface area contributed by atoms with E-state index in [-0.39, 0.29) is 28.5 Å². The molecule has 0 saturated carbocycles. The molecule has 0 saturated heterocycles. The average molecular weight is 351 g/mol. The molecular formula is C14H28Cl2N6. The van der Waals surface area contributed by atoms with E-state index < -0.39 is 0 Å². The van der Waals surface area contributed by atoms with Crippen molar-refractivity contribution in [3.8, 4) is 6.07 Å². The van der Waals surface area contributed by atoms with Crippen LogP contribution < -0.4 is 17.0 Å². The molecule has 0 atom stereocenters. The van der Waals surface area contributed by atoms with Crippen molar-refractivity contribution in [3.05, 3.63) is 23.9 Å². The van der Waals surface area contributed by atoms with Crippen LogP contribution in [0.25, 0.3) is 0 Å². The van der Waals surface area contributed by atoms with Crippen LogP contribution in [0.1, 0.15) is 41.5 Å². The van der Waals surface area contributed by atoms with Crippen LogP contribution in [0.2, 0.25) is 0 Å². The van der Waals surface area contributed by atoms with E-state index in [1.807, 2.05) is 31.6 Å². The molecule has 0 bridgehead atoms.